The molecule has 6 nitrogen and oxygen atoms in total. The zero-order valence-electron chi connectivity index (χ0n) is 16.0. The number of benzene rings is 2. The number of nitriles is 1. The van der Waals surface area contributed by atoms with Crippen molar-refractivity contribution < 1.29 is 9.53 Å². The number of carbonyl (C=O) groups is 1. The maximum absolute atomic E-state index is 12.3. The van der Waals surface area contributed by atoms with Gasteiger partial charge in [0.05, 0.1) is 30.7 Å². The Morgan fingerprint density at radius 3 is 2.48 bits per heavy atom. The molecule has 1 aliphatic rings. The van der Waals surface area contributed by atoms with Crippen LogP contribution in [0.25, 0.3) is 0 Å². The molecule has 1 aromatic heterocycles. The minimum Gasteiger partial charge on any atom is -0.490 e. The summed E-state index contributed by atoms with van der Waals surface area (Å²) >= 11 is 0. The lowest BCUT2D eigenvalue weighted by Crippen LogP contribution is -2.24. The summed E-state index contributed by atoms with van der Waals surface area (Å²) in [7, 11) is 0. The summed E-state index contributed by atoms with van der Waals surface area (Å²) in [6.07, 6.45) is 5.95. The van der Waals surface area contributed by atoms with Gasteiger partial charge in [-0.25, -0.2) is 0 Å². The molecule has 2 aromatic carbocycles. The third-order valence-electron chi connectivity index (χ3n) is 4.98. The molecule has 0 spiro atoms. The third kappa shape index (κ3) is 5.02. The number of amides is 1. The Hall–Kier alpha value is -3.59. The number of anilines is 1. The van der Waals surface area contributed by atoms with E-state index in [1.807, 2.05) is 42.6 Å². The van der Waals surface area contributed by atoms with Gasteiger partial charge in [-0.05, 0) is 54.7 Å². The first-order chi connectivity index (χ1) is 14.2. The first-order valence-corrected chi connectivity index (χ1v) is 9.76. The molecule has 1 amide bonds. The maximum atomic E-state index is 12.3. The predicted octanol–water partition coefficient (Wildman–Crippen LogP) is 3.92. The molecule has 1 saturated carbocycles. The van der Waals surface area contributed by atoms with E-state index in [0.717, 1.165) is 29.7 Å². The van der Waals surface area contributed by atoms with Crippen molar-refractivity contribution in [1.82, 2.24) is 9.78 Å². The van der Waals surface area contributed by atoms with Gasteiger partial charge in [0.25, 0.3) is 0 Å². The van der Waals surface area contributed by atoms with E-state index in [9.17, 15) is 4.79 Å². The molecule has 0 unspecified atom stereocenters. The Bertz CT molecular complexity index is 1010. The molecule has 0 radical (unpaired) electrons. The van der Waals surface area contributed by atoms with Crippen LogP contribution in [-0.4, -0.2) is 21.8 Å². The first kappa shape index (κ1) is 18.8. The van der Waals surface area contributed by atoms with Gasteiger partial charge in [0, 0.05) is 12.3 Å². The van der Waals surface area contributed by atoms with Crippen molar-refractivity contribution in [2.45, 2.75) is 38.3 Å². The molecule has 1 fully saturated rings. The Balaban J connectivity index is 1.28. The molecule has 4 rings (SSSR count). The van der Waals surface area contributed by atoms with E-state index < -0.39 is 0 Å². The maximum Gasteiger partial charge on any atom is 0.229 e. The number of rotatable bonds is 7. The van der Waals surface area contributed by atoms with Crippen LogP contribution in [0.15, 0.2) is 60.8 Å². The molecule has 29 heavy (non-hydrogen) atoms. The highest BCUT2D eigenvalue weighted by molar-refractivity contribution is 5.91. The van der Waals surface area contributed by atoms with Crippen LogP contribution in [0, 0.1) is 11.3 Å². The van der Waals surface area contributed by atoms with E-state index in [0.29, 0.717) is 24.0 Å². The Morgan fingerprint density at radius 2 is 1.83 bits per heavy atom. The number of hydrogen-bond acceptors (Lipinski definition) is 4. The molecular weight excluding hydrogens is 364 g/mol. The molecule has 0 atom stereocenters. The van der Waals surface area contributed by atoms with Gasteiger partial charge in [0.15, 0.2) is 5.82 Å². The average Bonchev–Trinajstić information content (AvgIpc) is 3.13. The minimum atomic E-state index is -0.110. The number of ether oxygens (including phenoxy) is 1. The van der Waals surface area contributed by atoms with Crippen molar-refractivity contribution in [3.05, 3.63) is 77.5 Å². The lowest BCUT2D eigenvalue weighted by molar-refractivity contribution is -0.115. The van der Waals surface area contributed by atoms with Crippen LogP contribution in [0.4, 0.5) is 5.82 Å². The summed E-state index contributed by atoms with van der Waals surface area (Å²) in [6.45, 7) is 0.573. The van der Waals surface area contributed by atoms with E-state index >= 15 is 0 Å². The molecular formula is C23H22N4O2. The van der Waals surface area contributed by atoms with Crippen LogP contribution in [-0.2, 0) is 17.8 Å². The molecule has 146 valence electrons. The molecule has 1 aliphatic carbocycles. The van der Waals surface area contributed by atoms with Gasteiger partial charge >= 0.3 is 0 Å². The van der Waals surface area contributed by atoms with Crippen molar-refractivity contribution in [3.8, 4) is 11.8 Å². The van der Waals surface area contributed by atoms with Crippen molar-refractivity contribution in [2.75, 3.05) is 5.32 Å². The number of nitrogens with one attached hydrogen (secondary N) is 1. The molecule has 0 bridgehead atoms. The van der Waals surface area contributed by atoms with Crippen molar-refractivity contribution in [1.29, 1.82) is 5.26 Å². The van der Waals surface area contributed by atoms with Crippen molar-refractivity contribution in [2.24, 2.45) is 0 Å². The summed E-state index contributed by atoms with van der Waals surface area (Å²) < 4.78 is 7.59. The van der Waals surface area contributed by atoms with Crippen LogP contribution >= 0.6 is 0 Å². The average molecular weight is 386 g/mol. The molecule has 1 heterocycles. The van der Waals surface area contributed by atoms with Gasteiger partial charge in [-0.15, -0.1) is 0 Å². The topological polar surface area (TPSA) is 79.9 Å². The third-order valence-corrected chi connectivity index (χ3v) is 4.98. The van der Waals surface area contributed by atoms with E-state index in [4.69, 9.17) is 10.00 Å². The molecule has 1 N–H and O–H groups in total. The molecule has 3 aromatic rings. The zero-order chi connectivity index (χ0) is 20.1. The van der Waals surface area contributed by atoms with Gasteiger partial charge in [-0.2, -0.15) is 10.4 Å². The summed E-state index contributed by atoms with van der Waals surface area (Å²) in [5.41, 5.74) is 2.60. The minimum absolute atomic E-state index is 0.110. The van der Waals surface area contributed by atoms with Crippen molar-refractivity contribution >= 4 is 11.7 Å². The quantitative estimate of drug-likeness (QED) is 0.667. The summed E-state index contributed by atoms with van der Waals surface area (Å²) in [5.74, 6) is 1.27. The van der Waals surface area contributed by atoms with Crippen LogP contribution in [0.3, 0.4) is 0 Å². The predicted molar refractivity (Wildman–Crippen MR) is 110 cm³/mol. The highest BCUT2D eigenvalue weighted by atomic mass is 16.5. The first-order valence-electron chi connectivity index (χ1n) is 9.76. The Kier molecular flexibility index (Phi) is 5.57. The zero-order valence-corrected chi connectivity index (χ0v) is 16.0. The van der Waals surface area contributed by atoms with Crippen molar-refractivity contribution in [3.63, 3.8) is 0 Å². The summed E-state index contributed by atoms with van der Waals surface area (Å²) in [5, 5.41) is 16.1. The SMILES string of the molecule is N#Cc1ccc(Cn2ccc(NC(=O)Cc3ccc(OC4CCC4)cc3)n2)cc1. The molecule has 0 aliphatic heterocycles. The lowest BCUT2D eigenvalue weighted by atomic mass is 9.96. The fourth-order valence-electron chi connectivity index (χ4n) is 3.13. The fraction of sp³-hybridized carbons (Fsp3) is 0.261. The second-order valence-electron chi connectivity index (χ2n) is 7.25. The lowest BCUT2D eigenvalue weighted by Gasteiger charge is -2.26. The normalized spacial score (nSPS) is 13.3. The van der Waals surface area contributed by atoms with Gasteiger partial charge in [-0.1, -0.05) is 24.3 Å². The number of aromatic nitrogens is 2. The fourth-order valence-corrected chi connectivity index (χ4v) is 3.13. The molecule has 6 heteroatoms. The highest BCUT2D eigenvalue weighted by Gasteiger charge is 2.18. The molecule has 0 saturated heterocycles. The van der Waals surface area contributed by atoms with Crippen LogP contribution < -0.4 is 10.1 Å². The van der Waals surface area contributed by atoms with Gasteiger partial charge in [-0.3, -0.25) is 9.48 Å². The Morgan fingerprint density at radius 1 is 1.10 bits per heavy atom. The monoisotopic (exact) mass is 386 g/mol. The summed E-state index contributed by atoms with van der Waals surface area (Å²) in [6, 6.07) is 18.9. The van der Waals surface area contributed by atoms with Gasteiger partial charge in [0.2, 0.25) is 5.91 Å². The smallest absolute Gasteiger partial charge is 0.229 e. The number of hydrogen-bond donors (Lipinski definition) is 1. The Labute approximate surface area is 169 Å². The van der Waals surface area contributed by atoms with E-state index in [2.05, 4.69) is 16.5 Å². The number of carbonyl (C=O) groups excluding carboxylic acids is 1. The second kappa shape index (κ2) is 8.61. The van der Waals surface area contributed by atoms with Gasteiger partial charge in [0.1, 0.15) is 5.75 Å². The highest BCUT2D eigenvalue weighted by Crippen LogP contribution is 2.25. The largest absolute Gasteiger partial charge is 0.490 e. The standard InChI is InChI=1S/C23H22N4O2/c24-15-18-4-6-19(7-5-18)16-27-13-12-22(26-27)25-23(28)14-17-8-10-21(11-9-17)29-20-2-1-3-20/h4-13,20H,1-3,14,16H2,(H,25,26,28). The number of nitrogens with zero attached hydrogens (tertiary/aromatic N) is 3. The van der Waals surface area contributed by atoms with E-state index in [1.165, 1.54) is 6.42 Å². The van der Waals surface area contributed by atoms with E-state index in [1.54, 1.807) is 22.9 Å². The van der Waals surface area contributed by atoms with Crippen LogP contribution in [0.5, 0.6) is 5.75 Å². The van der Waals surface area contributed by atoms with Crippen LogP contribution in [0.2, 0.25) is 0 Å². The van der Waals surface area contributed by atoms with Crippen LogP contribution in [0.1, 0.15) is 36.0 Å². The second-order valence-corrected chi connectivity index (χ2v) is 7.25. The van der Waals surface area contributed by atoms with E-state index in [-0.39, 0.29) is 12.3 Å². The summed E-state index contributed by atoms with van der Waals surface area (Å²) in [4.78, 5) is 12.3. The van der Waals surface area contributed by atoms with Gasteiger partial charge < -0.3 is 10.1 Å².